The molecule has 10 heteroatoms. The number of rotatable bonds is 3. The lowest BCUT2D eigenvalue weighted by Crippen LogP contribution is -2.35. The lowest BCUT2D eigenvalue weighted by molar-refractivity contribution is -0.624. The zero-order valence-corrected chi connectivity index (χ0v) is 14.7. The molecule has 0 atom stereocenters. The first-order valence-corrected chi connectivity index (χ1v) is 7.57. The molecule has 0 saturated heterocycles. The van der Waals surface area contributed by atoms with E-state index in [0.29, 0.717) is 10.3 Å². The number of nitro groups is 1. The van der Waals surface area contributed by atoms with Crippen LogP contribution in [0.25, 0.3) is 0 Å². The summed E-state index contributed by atoms with van der Waals surface area (Å²) in [5.74, 6) is -2.55. The van der Waals surface area contributed by atoms with Gasteiger partial charge in [0.2, 0.25) is 17.2 Å². The van der Waals surface area contributed by atoms with E-state index in [4.69, 9.17) is 11.6 Å². The van der Waals surface area contributed by atoms with Crippen LogP contribution in [-0.2, 0) is 0 Å². The molecule has 2 rings (SSSR count). The van der Waals surface area contributed by atoms with Crippen molar-refractivity contribution in [2.24, 2.45) is 0 Å². The van der Waals surface area contributed by atoms with Gasteiger partial charge in [-0.3, -0.25) is 14.9 Å². The first kappa shape index (κ1) is 18.0. The molecule has 1 aromatic carbocycles. The van der Waals surface area contributed by atoms with E-state index in [2.05, 4.69) is 15.9 Å². The maximum absolute atomic E-state index is 12.7. The van der Waals surface area contributed by atoms with Crippen LogP contribution in [-0.4, -0.2) is 20.9 Å². The highest BCUT2D eigenvalue weighted by molar-refractivity contribution is 9.10. The van der Waals surface area contributed by atoms with Gasteiger partial charge in [0.25, 0.3) is 4.60 Å². The summed E-state index contributed by atoms with van der Waals surface area (Å²) in [5.41, 5.74) is -0.730. The molecule has 1 heterocycles. The molecule has 2 N–H and O–H groups in total. The molecule has 8 nitrogen and oxygen atoms in total. The fraction of sp³-hybridized carbons (Fsp3) is 0.143. The van der Waals surface area contributed by atoms with E-state index < -0.39 is 27.9 Å². The van der Waals surface area contributed by atoms with Crippen LogP contribution < -0.4 is 4.73 Å². The smallest absolute Gasteiger partial charge is 0.315 e. The standard InChI is InChI=1S/C14H10BrClN2O6/c1-5-10(14(15)17(22)6(2)11(5)16)12(20)7-3-8(18(23)24)13(21)9(19)4-7/h3-4,19,21H,1-2H3. The summed E-state index contributed by atoms with van der Waals surface area (Å²) < 4.78 is 0.305. The summed E-state index contributed by atoms with van der Waals surface area (Å²) in [6.45, 7) is 2.99. The molecule has 0 spiro atoms. The van der Waals surface area contributed by atoms with Gasteiger partial charge in [0, 0.05) is 34.5 Å². The Balaban J connectivity index is 2.74. The number of hydrogen-bond acceptors (Lipinski definition) is 6. The summed E-state index contributed by atoms with van der Waals surface area (Å²) in [4.78, 5) is 22.7. The number of aromatic hydroxyl groups is 2. The molecule has 1 aromatic heterocycles. The number of carbonyl (C=O) groups is 1. The Morgan fingerprint density at radius 1 is 1.33 bits per heavy atom. The van der Waals surface area contributed by atoms with Gasteiger partial charge in [-0.15, -0.1) is 0 Å². The van der Waals surface area contributed by atoms with Crippen LogP contribution in [0.3, 0.4) is 0 Å². The molecule has 0 bridgehead atoms. The monoisotopic (exact) mass is 416 g/mol. The van der Waals surface area contributed by atoms with Gasteiger partial charge in [-0.05, 0) is 18.6 Å². The first-order chi connectivity index (χ1) is 11.1. The normalized spacial score (nSPS) is 10.7. The van der Waals surface area contributed by atoms with Crippen molar-refractivity contribution < 1.29 is 24.7 Å². The van der Waals surface area contributed by atoms with Gasteiger partial charge in [-0.25, -0.2) is 0 Å². The number of benzene rings is 1. The predicted octanol–water partition coefficient (Wildman–Crippen LogP) is 2.90. The van der Waals surface area contributed by atoms with Crippen molar-refractivity contribution in [3.8, 4) is 11.5 Å². The SMILES string of the molecule is Cc1c(Cl)c(C)[n+]([O-])c(Br)c1C(=O)c1cc(O)c(O)c([N+](=O)[O-])c1. The number of pyridine rings is 1. The number of phenols is 2. The van der Waals surface area contributed by atoms with E-state index in [9.17, 15) is 30.3 Å². The average molecular weight is 418 g/mol. The summed E-state index contributed by atoms with van der Waals surface area (Å²) in [6.07, 6.45) is 0. The number of aromatic nitrogens is 1. The zero-order chi connectivity index (χ0) is 18.3. The highest BCUT2D eigenvalue weighted by Crippen LogP contribution is 2.37. The Hall–Kier alpha value is -2.39. The topological polar surface area (TPSA) is 128 Å². The molecular weight excluding hydrogens is 408 g/mol. The number of carbonyl (C=O) groups excluding carboxylic acids is 1. The van der Waals surface area contributed by atoms with Gasteiger partial charge >= 0.3 is 5.69 Å². The second-order valence-electron chi connectivity index (χ2n) is 4.93. The Morgan fingerprint density at radius 3 is 2.46 bits per heavy atom. The van der Waals surface area contributed by atoms with Crippen molar-refractivity contribution in [3.63, 3.8) is 0 Å². The second kappa shape index (κ2) is 6.25. The second-order valence-corrected chi connectivity index (χ2v) is 6.06. The lowest BCUT2D eigenvalue weighted by atomic mass is 9.99. The molecule has 0 saturated carbocycles. The maximum atomic E-state index is 12.7. The summed E-state index contributed by atoms with van der Waals surface area (Å²) >= 11 is 9.06. The van der Waals surface area contributed by atoms with E-state index in [1.54, 1.807) is 0 Å². The van der Waals surface area contributed by atoms with Crippen LogP contribution in [0, 0.1) is 29.2 Å². The number of hydrogen-bond donors (Lipinski definition) is 2. The molecule has 0 aliphatic carbocycles. The average Bonchev–Trinajstić information content (AvgIpc) is 2.53. The van der Waals surface area contributed by atoms with Gasteiger partial charge in [-0.2, -0.15) is 4.73 Å². The van der Waals surface area contributed by atoms with Crippen LogP contribution in [0.15, 0.2) is 16.7 Å². The molecule has 0 amide bonds. The van der Waals surface area contributed by atoms with Gasteiger partial charge in [0.15, 0.2) is 5.75 Å². The Labute approximate surface area is 148 Å². The van der Waals surface area contributed by atoms with Gasteiger partial charge in [0.1, 0.15) is 10.6 Å². The van der Waals surface area contributed by atoms with E-state index >= 15 is 0 Å². The number of ketones is 1. The number of halogens is 2. The quantitative estimate of drug-likeness (QED) is 0.150. The van der Waals surface area contributed by atoms with Gasteiger partial charge < -0.3 is 15.4 Å². The molecule has 0 radical (unpaired) electrons. The highest BCUT2D eigenvalue weighted by Gasteiger charge is 2.29. The molecular formula is C14H10BrClN2O6. The van der Waals surface area contributed by atoms with E-state index in [1.807, 2.05) is 0 Å². The third-order valence-corrected chi connectivity index (χ3v) is 4.74. The minimum atomic E-state index is -0.951. The summed E-state index contributed by atoms with van der Waals surface area (Å²) in [7, 11) is 0. The van der Waals surface area contributed by atoms with Gasteiger partial charge in [-0.1, -0.05) is 11.6 Å². The van der Waals surface area contributed by atoms with Crippen LogP contribution in [0.1, 0.15) is 27.2 Å². The minimum Gasteiger partial charge on any atom is -0.618 e. The largest absolute Gasteiger partial charge is 0.618 e. The maximum Gasteiger partial charge on any atom is 0.315 e. The van der Waals surface area contributed by atoms with Crippen molar-refractivity contribution in [2.45, 2.75) is 13.8 Å². The van der Waals surface area contributed by atoms with Crippen LogP contribution in [0.2, 0.25) is 5.02 Å². The molecule has 126 valence electrons. The van der Waals surface area contributed by atoms with Crippen molar-refractivity contribution in [3.05, 3.63) is 59.5 Å². The predicted molar refractivity (Wildman–Crippen MR) is 87.4 cm³/mol. The minimum absolute atomic E-state index is 0.0778. The fourth-order valence-electron chi connectivity index (χ4n) is 2.16. The van der Waals surface area contributed by atoms with Crippen LogP contribution in [0.5, 0.6) is 11.5 Å². The Bertz CT molecular complexity index is 871. The third kappa shape index (κ3) is 2.76. The first-order valence-electron chi connectivity index (χ1n) is 6.40. The van der Waals surface area contributed by atoms with Crippen molar-refractivity contribution in [2.75, 3.05) is 0 Å². The van der Waals surface area contributed by atoms with Crippen LogP contribution in [0.4, 0.5) is 5.69 Å². The number of phenolic OH excluding ortho intramolecular Hbond substituents is 2. The van der Waals surface area contributed by atoms with E-state index in [1.165, 1.54) is 13.8 Å². The van der Waals surface area contributed by atoms with E-state index in [0.717, 1.165) is 12.1 Å². The third-order valence-electron chi connectivity index (χ3n) is 3.47. The Kier molecular flexibility index (Phi) is 4.68. The zero-order valence-electron chi connectivity index (χ0n) is 12.3. The molecule has 0 unspecified atom stereocenters. The van der Waals surface area contributed by atoms with Crippen molar-refractivity contribution >= 4 is 39.0 Å². The lowest BCUT2D eigenvalue weighted by Gasteiger charge is -2.13. The molecule has 2 aromatic rings. The van der Waals surface area contributed by atoms with Crippen LogP contribution >= 0.6 is 27.5 Å². The van der Waals surface area contributed by atoms with Gasteiger partial charge in [0.05, 0.1) is 4.92 Å². The summed E-state index contributed by atoms with van der Waals surface area (Å²) in [6, 6.07) is 1.69. The number of nitro benzene ring substituents is 1. The van der Waals surface area contributed by atoms with Crippen molar-refractivity contribution in [1.82, 2.24) is 0 Å². The molecule has 0 aliphatic heterocycles. The van der Waals surface area contributed by atoms with Crippen molar-refractivity contribution in [1.29, 1.82) is 0 Å². The highest BCUT2D eigenvalue weighted by atomic mass is 79.9. The fourth-order valence-corrected chi connectivity index (χ4v) is 3.07. The molecule has 24 heavy (non-hydrogen) atoms. The van der Waals surface area contributed by atoms with E-state index in [-0.39, 0.29) is 26.4 Å². The Morgan fingerprint density at radius 2 is 1.92 bits per heavy atom. The summed E-state index contributed by atoms with van der Waals surface area (Å²) in [5, 5.41) is 42.1. The number of nitrogens with zero attached hydrogens (tertiary/aromatic N) is 2. The molecule has 0 fully saturated rings. The molecule has 0 aliphatic rings.